The number of pyridine rings is 1. The second kappa shape index (κ2) is 5.48. The topological polar surface area (TPSA) is 108 Å². The molecule has 0 radical (unpaired) electrons. The molecular weight excluding hydrogens is 320 g/mol. The summed E-state index contributed by atoms with van der Waals surface area (Å²) < 4.78 is 0. The number of carbonyl (C=O) groups is 2. The fourth-order valence-corrected chi connectivity index (χ4v) is 2.97. The van der Waals surface area contributed by atoms with Crippen LogP contribution in [-0.4, -0.2) is 16.8 Å². The Morgan fingerprint density at radius 2 is 1.64 bits per heavy atom. The van der Waals surface area contributed by atoms with Crippen molar-refractivity contribution in [2.45, 2.75) is 6.42 Å². The van der Waals surface area contributed by atoms with Crippen LogP contribution in [-0.2, 0) is 9.59 Å². The number of nitrogens with zero attached hydrogens (tertiary/aromatic N) is 1. The number of benzene rings is 2. The second-order valence-electron chi connectivity index (χ2n) is 5.79. The number of H-pyrrole nitrogens is 1. The molecule has 0 saturated heterocycles. The minimum absolute atomic E-state index is 0.287. The highest BCUT2D eigenvalue weighted by Gasteiger charge is 2.28. The normalized spacial score (nSPS) is 14.2. The Hall–Kier alpha value is -3.61. The summed E-state index contributed by atoms with van der Waals surface area (Å²) in [5.41, 5.74) is 7.98. The van der Waals surface area contributed by atoms with Crippen molar-refractivity contribution in [2.75, 3.05) is 16.0 Å². The highest BCUT2D eigenvalue weighted by atomic mass is 16.2. The first kappa shape index (κ1) is 14.9. The van der Waals surface area contributed by atoms with Gasteiger partial charge in [-0.25, -0.2) is 0 Å². The van der Waals surface area contributed by atoms with Gasteiger partial charge in [-0.2, -0.15) is 0 Å². The van der Waals surface area contributed by atoms with Crippen LogP contribution >= 0.6 is 0 Å². The number of nitrogens with one attached hydrogen (secondary N) is 2. The van der Waals surface area contributed by atoms with Gasteiger partial charge in [-0.1, -0.05) is 6.07 Å². The lowest BCUT2D eigenvalue weighted by atomic mass is 10.1. The van der Waals surface area contributed by atoms with Gasteiger partial charge in [-0.05, 0) is 36.4 Å². The molecule has 7 nitrogen and oxygen atoms in total. The SMILES string of the molecule is Nc1ccc(N2C(=O)CC(=O)Nc3c2ccc2ccc(=O)[nH]c32)cc1. The largest absolute Gasteiger partial charge is 0.399 e. The van der Waals surface area contributed by atoms with Crippen LogP contribution < -0.4 is 21.5 Å². The molecule has 1 aliphatic rings. The molecule has 0 spiro atoms. The van der Waals surface area contributed by atoms with E-state index in [0.29, 0.717) is 28.3 Å². The molecule has 2 amide bonds. The molecule has 7 heteroatoms. The fourth-order valence-electron chi connectivity index (χ4n) is 2.97. The molecule has 0 unspecified atom stereocenters. The van der Waals surface area contributed by atoms with Gasteiger partial charge in [0.25, 0.3) is 0 Å². The van der Waals surface area contributed by atoms with E-state index in [0.717, 1.165) is 5.39 Å². The molecule has 4 N–H and O–H groups in total. The monoisotopic (exact) mass is 334 g/mol. The van der Waals surface area contributed by atoms with Crippen LogP contribution in [0.15, 0.2) is 53.3 Å². The highest BCUT2D eigenvalue weighted by molar-refractivity contribution is 6.20. The van der Waals surface area contributed by atoms with Gasteiger partial charge in [-0.15, -0.1) is 0 Å². The Kier molecular flexibility index (Phi) is 3.28. The van der Waals surface area contributed by atoms with E-state index >= 15 is 0 Å². The summed E-state index contributed by atoms with van der Waals surface area (Å²) in [7, 11) is 0. The number of hydrogen-bond donors (Lipinski definition) is 3. The number of aromatic nitrogens is 1. The summed E-state index contributed by atoms with van der Waals surface area (Å²) in [5.74, 6) is -0.792. The number of aromatic amines is 1. The molecule has 0 bridgehead atoms. The molecule has 0 fully saturated rings. The zero-order valence-corrected chi connectivity index (χ0v) is 13.1. The van der Waals surface area contributed by atoms with E-state index in [1.807, 2.05) is 0 Å². The third kappa shape index (κ3) is 2.51. The van der Waals surface area contributed by atoms with E-state index in [1.54, 1.807) is 42.5 Å². The minimum atomic E-state index is -0.429. The number of carbonyl (C=O) groups excluding carboxylic acids is 2. The van der Waals surface area contributed by atoms with Gasteiger partial charge in [0.1, 0.15) is 6.42 Å². The molecule has 1 aromatic heterocycles. The molecule has 3 aromatic rings. The summed E-state index contributed by atoms with van der Waals surface area (Å²) in [6.07, 6.45) is -0.294. The van der Waals surface area contributed by atoms with Gasteiger partial charge < -0.3 is 16.0 Å². The number of nitrogens with two attached hydrogens (primary N) is 1. The van der Waals surface area contributed by atoms with Gasteiger partial charge in [0.2, 0.25) is 17.4 Å². The van der Waals surface area contributed by atoms with E-state index in [4.69, 9.17) is 5.73 Å². The second-order valence-corrected chi connectivity index (χ2v) is 5.79. The predicted molar refractivity (Wildman–Crippen MR) is 95.8 cm³/mol. The zero-order chi connectivity index (χ0) is 17.6. The molecule has 25 heavy (non-hydrogen) atoms. The molecule has 124 valence electrons. The maximum absolute atomic E-state index is 12.6. The fraction of sp³-hybridized carbons (Fsp3) is 0.0556. The van der Waals surface area contributed by atoms with Gasteiger partial charge in [0, 0.05) is 22.8 Å². The van der Waals surface area contributed by atoms with Crippen LogP contribution in [0.4, 0.5) is 22.7 Å². The van der Waals surface area contributed by atoms with E-state index in [9.17, 15) is 14.4 Å². The lowest BCUT2D eigenvalue weighted by Gasteiger charge is -2.23. The van der Waals surface area contributed by atoms with E-state index in [2.05, 4.69) is 10.3 Å². The van der Waals surface area contributed by atoms with Crippen molar-refractivity contribution in [1.82, 2.24) is 4.98 Å². The van der Waals surface area contributed by atoms with Crippen LogP contribution in [0.1, 0.15) is 6.42 Å². The van der Waals surface area contributed by atoms with Gasteiger partial charge in [0.15, 0.2) is 0 Å². The van der Waals surface area contributed by atoms with E-state index in [-0.39, 0.29) is 17.9 Å². The van der Waals surface area contributed by atoms with Crippen LogP contribution in [0.25, 0.3) is 10.9 Å². The minimum Gasteiger partial charge on any atom is -0.399 e. The van der Waals surface area contributed by atoms with Crippen LogP contribution in [0, 0.1) is 0 Å². The zero-order valence-electron chi connectivity index (χ0n) is 13.1. The predicted octanol–water partition coefficient (Wildman–Crippen LogP) is 2.12. The summed E-state index contributed by atoms with van der Waals surface area (Å²) >= 11 is 0. The average Bonchev–Trinajstić information content (AvgIpc) is 2.71. The lowest BCUT2D eigenvalue weighted by molar-refractivity contribution is -0.124. The Morgan fingerprint density at radius 1 is 0.920 bits per heavy atom. The first-order valence-corrected chi connectivity index (χ1v) is 7.67. The van der Waals surface area contributed by atoms with E-state index < -0.39 is 5.91 Å². The van der Waals surface area contributed by atoms with Crippen molar-refractivity contribution in [3.8, 4) is 0 Å². The van der Waals surface area contributed by atoms with Crippen molar-refractivity contribution in [3.05, 3.63) is 58.9 Å². The Balaban J connectivity index is 2.01. The van der Waals surface area contributed by atoms with Gasteiger partial charge >= 0.3 is 0 Å². The quantitative estimate of drug-likeness (QED) is 0.468. The van der Waals surface area contributed by atoms with Crippen LogP contribution in [0.5, 0.6) is 0 Å². The maximum Gasteiger partial charge on any atom is 0.248 e. The van der Waals surface area contributed by atoms with Gasteiger partial charge in [-0.3, -0.25) is 19.3 Å². The Labute approximate surface area is 142 Å². The molecule has 4 rings (SSSR count). The van der Waals surface area contributed by atoms with Crippen molar-refractivity contribution in [3.63, 3.8) is 0 Å². The number of amides is 2. The van der Waals surface area contributed by atoms with Crippen LogP contribution in [0.3, 0.4) is 0 Å². The van der Waals surface area contributed by atoms with Gasteiger partial charge in [0.05, 0.1) is 16.9 Å². The highest BCUT2D eigenvalue weighted by Crippen LogP contribution is 2.38. The van der Waals surface area contributed by atoms with Crippen LogP contribution in [0.2, 0.25) is 0 Å². The molecule has 2 heterocycles. The number of fused-ring (bicyclic) bond motifs is 3. The van der Waals surface area contributed by atoms with Crippen molar-refractivity contribution in [1.29, 1.82) is 0 Å². The summed E-state index contributed by atoms with van der Waals surface area (Å²) in [5, 5.41) is 3.49. The first-order chi connectivity index (χ1) is 12.0. The van der Waals surface area contributed by atoms with E-state index in [1.165, 1.54) is 11.0 Å². The molecule has 0 aliphatic carbocycles. The number of hydrogen-bond acceptors (Lipinski definition) is 4. The standard InChI is InChI=1S/C18H14N4O3/c19-11-3-5-12(6-4-11)22-13-7-1-10-2-8-14(23)20-17(10)18(13)21-15(24)9-16(22)25/h1-8H,9,19H2,(H,20,23)(H,21,24). The summed E-state index contributed by atoms with van der Waals surface area (Å²) in [6, 6.07) is 13.4. The third-order valence-corrected chi connectivity index (χ3v) is 4.10. The summed E-state index contributed by atoms with van der Waals surface area (Å²) in [6.45, 7) is 0. The first-order valence-electron chi connectivity index (χ1n) is 7.67. The third-order valence-electron chi connectivity index (χ3n) is 4.10. The molecular formula is C18H14N4O3. The smallest absolute Gasteiger partial charge is 0.248 e. The molecule has 1 aliphatic heterocycles. The maximum atomic E-state index is 12.6. The number of anilines is 4. The van der Waals surface area contributed by atoms with Crippen molar-refractivity contribution < 1.29 is 9.59 Å². The molecule has 0 atom stereocenters. The van der Waals surface area contributed by atoms with Crippen molar-refractivity contribution in [2.24, 2.45) is 0 Å². The van der Waals surface area contributed by atoms with Crippen molar-refractivity contribution >= 4 is 45.5 Å². The lowest BCUT2D eigenvalue weighted by Crippen LogP contribution is -2.26. The number of rotatable bonds is 1. The average molecular weight is 334 g/mol. The number of nitrogen functional groups attached to an aromatic ring is 1. The summed E-state index contributed by atoms with van der Waals surface area (Å²) in [4.78, 5) is 40.7. The Morgan fingerprint density at radius 3 is 2.40 bits per heavy atom. The molecule has 0 saturated carbocycles. The Bertz CT molecular complexity index is 1070. The molecule has 2 aromatic carbocycles.